The minimum Gasteiger partial charge on any atom is -0.428 e. The molecule has 0 radical (unpaired) electrons. The molecule has 0 spiro atoms. The maximum atomic E-state index is 11.2. The largest absolute Gasteiger partial charge is 0.428 e. The van der Waals surface area contributed by atoms with Crippen molar-refractivity contribution in [1.29, 1.82) is 0 Å². The van der Waals surface area contributed by atoms with Gasteiger partial charge in [-0.15, -0.1) is 0 Å². The summed E-state index contributed by atoms with van der Waals surface area (Å²) in [6.07, 6.45) is 23.1. The maximum Gasteiger partial charge on any atom is 0.260 e. The number of aliphatic hydroxyl groups excluding tert-OH is 4. The van der Waals surface area contributed by atoms with Crippen LogP contribution in [0.5, 0.6) is 0 Å². The normalized spacial score (nSPS) is 10.6. The number of rotatable bonds is 21. The molecule has 8 nitrogen and oxygen atoms in total. The summed E-state index contributed by atoms with van der Waals surface area (Å²) in [6, 6.07) is 6.77. The fourth-order valence-electron chi connectivity index (χ4n) is 4.00. The van der Waals surface area contributed by atoms with E-state index in [1.165, 1.54) is 108 Å². The molecule has 0 aliphatic heterocycles. The zero-order chi connectivity index (χ0) is 33.3. The summed E-state index contributed by atoms with van der Waals surface area (Å²) >= 11 is 6.19. The highest BCUT2D eigenvalue weighted by molar-refractivity contribution is 7.71. The Morgan fingerprint density at radius 1 is 0.705 bits per heavy atom. The lowest BCUT2D eigenvalue weighted by molar-refractivity contribution is 0.00304. The summed E-state index contributed by atoms with van der Waals surface area (Å²) in [5, 5.41) is 45.1. The summed E-state index contributed by atoms with van der Waals surface area (Å²) < 4.78 is 3.15. The van der Waals surface area contributed by atoms with Crippen molar-refractivity contribution in [2.75, 3.05) is 26.4 Å². The average molecular weight is 661 g/mol. The Morgan fingerprint density at radius 2 is 1.18 bits per heavy atom. The van der Waals surface area contributed by atoms with E-state index in [1.54, 1.807) is 24.3 Å². The van der Waals surface area contributed by atoms with Crippen LogP contribution in [0.2, 0.25) is 0 Å². The van der Waals surface area contributed by atoms with E-state index in [4.69, 9.17) is 25.6 Å². The molecule has 258 valence electrons. The molecule has 0 amide bonds. The van der Waals surface area contributed by atoms with Crippen molar-refractivity contribution in [3.05, 3.63) is 50.8 Å². The first-order chi connectivity index (χ1) is 21.3. The van der Waals surface area contributed by atoms with Crippen molar-refractivity contribution in [2.45, 2.75) is 136 Å². The number of aliphatic hydroxyl groups is 4. The molecule has 0 aromatic carbocycles. The molecular formula is C34H64N2O6S2. The van der Waals surface area contributed by atoms with Gasteiger partial charge in [0.2, 0.25) is 0 Å². The van der Waals surface area contributed by atoms with Crippen LogP contribution < -0.4 is 5.56 Å². The van der Waals surface area contributed by atoms with E-state index in [-0.39, 0.29) is 25.4 Å². The number of aromatic nitrogens is 2. The molecule has 0 fully saturated rings. The summed E-state index contributed by atoms with van der Waals surface area (Å²) in [5.74, 6) is 0. The van der Waals surface area contributed by atoms with Gasteiger partial charge in [0.1, 0.15) is 4.64 Å². The Kier molecular flexibility index (Phi) is 33.2. The summed E-state index contributed by atoms with van der Waals surface area (Å²) in [5.41, 5.74) is -0.511. The van der Waals surface area contributed by atoms with E-state index in [1.807, 2.05) is 16.3 Å². The molecule has 0 saturated heterocycles. The second-order valence-electron chi connectivity index (χ2n) is 11.2. The van der Waals surface area contributed by atoms with Gasteiger partial charge >= 0.3 is 0 Å². The van der Waals surface area contributed by atoms with Crippen molar-refractivity contribution in [1.82, 2.24) is 8.69 Å². The molecule has 2 aromatic heterocycles. The van der Waals surface area contributed by atoms with Crippen LogP contribution in [-0.2, 0) is 6.54 Å². The lowest BCUT2D eigenvalue weighted by atomic mass is 9.88. The average Bonchev–Trinajstić information content (AvgIpc) is 3.46. The van der Waals surface area contributed by atoms with Crippen LogP contribution in [0, 0.1) is 10.1 Å². The molecule has 0 bridgehead atoms. The number of nitrogens with zero attached hydrogens (tertiary/aromatic N) is 2. The first-order valence-electron chi connectivity index (χ1n) is 16.8. The minimum absolute atomic E-state index is 0.156. The van der Waals surface area contributed by atoms with Gasteiger partial charge in [-0.3, -0.25) is 8.75 Å². The Hall–Kier alpha value is -1.56. The second-order valence-corrected chi connectivity index (χ2v) is 12.6. The Balaban J connectivity index is 0. The summed E-state index contributed by atoms with van der Waals surface area (Å²) in [4.78, 5) is 11.2. The SMILES string of the molecule is CCC(CO)(CO)CO.CCCCCCCCCCCCO.CCCCCCCCn1sccc1=O.On1ccccc1=S. The third kappa shape index (κ3) is 25.7. The van der Waals surface area contributed by atoms with Crippen LogP contribution in [0.3, 0.4) is 0 Å². The number of aryl methyl sites for hydroxylation is 1. The molecule has 2 rings (SSSR count). The molecule has 0 aliphatic rings. The Bertz CT molecular complexity index is 932. The lowest BCUT2D eigenvalue weighted by Gasteiger charge is -2.24. The Labute approximate surface area is 276 Å². The van der Waals surface area contributed by atoms with E-state index >= 15 is 0 Å². The molecule has 10 heteroatoms. The number of hydrogen-bond acceptors (Lipinski definition) is 8. The molecular weight excluding hydrogens is 597 g/mol. The third-order valence-electron chi connectivity index (χ3n) is 7.43. The molecule has 2 heterocycles. The molecule has 2 aromatic rings. The van der Waals surface area contributed by atoms with Gasteiger partial charge in [0.15, 0.2) is 0 Å². The van der Waals surface area contributed by atoms with Crippen LogP contribution in [0.15, 0.2) is 40.6 Å². The number of unbranched alkanes of at least 4 members (excludes halogenated alkanes) is 14. The van der Waals surface area contributed by atoms with Crippen LogP contribution in [0.1, 0.15) is 130 Å². The zero-order valence-electron chi connectivity index (χ0n) is 27.9. The highest BCUT2D eigenvalue weighted by atomic mass is 32.1. The first kappa shape index (κ1) is 44.6. The van der Waals surface area contributed by atoms with Crippen molar-refractivity contribution < 1.29 is 25.6 Å². The zero-order valence-corrected chi connectivity index (χ0v) is 29.5. The third-order valence-corrected chi connectivity index (χ3v) is 8.63. The summed E-state index contributed by atoms with van der Waals surface area (Å²) in [7, 11) is 0. The fourth-order valence-corrected chi connectivity index (χ4v) is 4.86. The van der Waals surface area contributed by atoms with Gasteiger partial charge in [0.25, 0.3) is 5.56 Å². The van der Waals surface area contributed by atoms with E-state index < -0.39 is 5.41 Å². The lowest BCUT2D eigenvalue weighted by Crippen LogP contribution is -2.32. The first-order valence-corrected chi connectivity index (χ1v) is 18.0. The van der Waals surface area contributed by atoms with Gasteiger partial charge in [-0.2, -0.15) is 4.73 Å². The van der Waals surface area contributed by atoms with E-state index in [0.717, 1.165) is 24.1 Å². The van der Waals surface area contributed by atoms with Crippen LogP contribution in [-0.4, -0.2) is 60.7 Å². The highest BCUT2D eigenvalue weighted by Crippen LogP contribution is 2.18. The second kappa shape index (κ2) is 32.8. The monoisotopic (exact) mass is 660 g/mol. The van der Waals surface area contributed by atoms with Crippen LogP contribution >= 0.6 is 23.8 Å². The van der Waals surface area contributed by atoms with Gasteiger partial charge in [-0.05, 0) is 31.4 Å². The smallest absolute Gasteiger partial charge is 0.260 e. The molecule has 0 saturated carbocycles. The fraction of sp³-hybridized carbons (Fsp3) is 0.765. The van der Waals surface area contributed by atoms with Gasteiger partial charge in [-0.25, -0.2) is 0 Å². The van der Waals surface area contributed by atoms with Crippen molar-refractivity contribution in [2.24, 2.45) is 5.41 Å². The van der Waals surface area contributed by atoms with Gasteiger partial charge in [0, 0.05) is 36.2 Å². The predicted molar refractivity (Wildman–Crippen MR) is 187 cm³/mol. The molecule has 0 atom stereocenters. The minimum atomic E-state index is -0.667. The number of hydrogen-bond donors (Lipinski definition) is 5. The number of pyridine rings is 1. The molecule has 44 heavy (non-hydrogen) atoms. The molecule has 0 aliphatic carbocycles. The van der Waals surface area contributed by atoms with Crippen LogP contribution in [0.25, 0.3) is 0 Å². The van der Waals surface area contributed by atoms with Gasteiger partial charge in [0.05, 0.1) is 19.8 Å². The Morgan fingerprint density at radius 3 is 1.50 bits per heavy atom. The van der Waals surface area contributed by atoms with Crippen LogP contribution in [0.4, 0.5) is 0 Å². The highest BCUT2D eigenvalue weighted by Gasteiger charge is 2.24. The topological polar surface area (TPSA) is 128 Å². The molecule has 0 unspecified atom stereocenters. The summed E-state index contributed by atoms with van der Waals surface area (Å²) in [6.45, 7) is 7.12. The van der Waals surface area contributed by atoms with E-state index in [0.29, 0.717) is 17.7 Å². The van der Waals surface area contributed by atoms with Crippen molar-refractivity contribution in [3.8, 4) is 0 Å². The predicted octanol–water partition coefficient (Wildman–Crippen LogP) is 7.98. The van der Waals surface area contributed by atoms with Gasteiger partial charge in [-0.1, -0.05) is 140 Å². The van der Waals surface area contributed by atoms with Gasteiger partial charge < -0.3 is 25.6 Å². The van der Waals surface area contributed by atoms with E-state index in [9.17, 15) is 4.79 Å². The quantitative estimate of drug-likeness (QED) is 0.0522. The molecule has 5 N–H and O–H groups in total. The van der Waals surface area contributed by atoms with Crippen molar-refractivity contribution >= 4 is 23.8 Å². The standard InChI is InChI=1S/C12H26O.C11H19NOS.C6H14O3.C5H5NOS/c1-2-3-4-5-6-7-8-9-10-11-12-13;1-2-3-4-5-6-7-9-12-11(13)8-10-14-12;1-2-6(3-7,4-8)5-9;7-6-4-2-1-3-5(6)8/h13H,2-12H2,1H3;8,10H,2-7,9H2,1H3;7-9H,2-5H2,1H3;1-4,7H. The van der Waals surface area contributed by atoms with Crippen molar-refractivity contribution in [3.63, 3.8) is 0 Å². The van der Waals surface area contributed by atoms with E-state index in [2.05, 4.69) is 26.1 Å². The maximum absolute atomic E-state index is 11.2.